The standard InChI is InChI=1S/C23H24N6O3S.2H2/c1-15-21(23-28-27-22(32-23)18-7-5-16(6-8-18)13-24-2)26-20(14-25-15)17-9-11-19(12-10-17)33(30,31)29(3)4;;/h5-12,14,24H,13H2,1-4H3;2*1H. The van der Waals surface area contributed by atoms with Crippen molar-refractivity contribution in [1.29, 1.82) is 0 Å². The molecule has 0 spiro atoms. The Morgan fingerprint density at radius 2 is 1.61 bits per heavy atom. The topological polar surface area (TPSA) is 114 Å². The molecule has 0 saturated heterocycles. The SMILES string of the molecule is CNCc1ccc(-c2nnc(-c3nc(-c4ccc(S(=O)(=O)N(C)C)cc4)cnc3C)o2)cc1.[HH].[HH]. The normalized spacial score (nSPS) is 11.8. The molecule has 4 aromatic rings. The Bertz CT molecular complexity index is 1380. The van der Waals surface area contributed by atoms with Crippen LogP contribution in [-0.4, -0.2) is 54.0 Å². The van der Waals surface area contributed by atoms with E-state index in [2.05, 4.69) is 25.5 Å². The number of hydrogen-bond donors (Lipinski definition) is 1. The van der Waals surface area contributed by atoms with Crippen LogP contribution in [0.15, 0.2) is 64.0 Å². The number of rotatable bonds is 7. The summed E-state index contributed by atoms with van der Waals surface area (Å²) in [5, 5.41) is 11.4. The van der Waals surface area contributed by atoms with Gasteiger partial charge in [-0.05, 0) is 43.8 Å². The van der Waals surface area contributed by atoms with Crippen molar-refractivity contribution in [2.75, 3.05) is 21.1 Å². The molecule has 0 bridgehead atoms. The van der Waals surface area contributed by atoms with Crippen LogP contribution in [0.25, 0.3) is 34.3 Å². The molecule has 4 rings (SSSR count). The van der Waals surface area contributed by atoms with E-state index in [1.165, 1.54) is 18.4 Å². The highest BCUT2D eigenvalue weighted by Crippen LogP contribution is 2.27. The van der Waals surface area contributed by atoms with Crippen molar-refractivity contribution >= 4 is 10.0 Å². The first kappa shape index (κ1) is 22.7. The number of benzene rings is 2. The minimum absolute atomic E-state index is 0. The van der Waals surface area contributed by atoms with Crippen LogP contribution in [0.4, 0.5) is 0 Å². The minimum Gasteiger partial charge on any atom is -0.415 e. The summed E-state index contributed by atoms with van der Waals surface area (Å²) in [5.41, 5.74) is 4.38. The van der Waals surface area contributed by atoms with Gasteiger partial charge in [0.2, 0.25) is 15.9 Å². The third kappa shape index (κ3) is 4.68. The molecule has 2 heterocycles. The number of sulfonamides is 1. The van der Waals surface area contributed by atoms with Crippen LogP contribution in [0.1, 0.15) is 14.1 Å². The van der Waals surface area contributed by atoms with Crippen LogP contribution < -0.4 is 5.32 Å². The number of nitrogens with one attached hydrogen (secondary N) is 1. The van der Waals surface area contributed by atoms with Gasteiger partial charge >= 0.3 is 0 Å². The molecular formula is C23H28N6O3S. The molecule has 0 amide bonds. The fourth-order valence-electron chi connectivity index (χ4n) is 3.20. The van der Waals surface area contributed by atoms with Gasteiger partial charge in [0, 0.05) is 34.6 Å². The second kappa shape index (κ2) is 9.18. The second-order valence-corrected chi connectivity index (χ2v) is 9.79. The van der Waals surface area contributed by atoms with Crippen molar-refractivity contribution in [3.05, 3.63) is 66.0 Å². The number of aromatic nitrogens is 4. The van der Waals surface area contributed by atoms with E-state index in [1.54, 1.807) is 30.5 Å². The molecular weight excluding hydrogens is 440 g/mol. The first-order valence-electron chi connectivity index (χ1n) is 10.2. The van der Waals surface area contributed by atoms with E-state index in [1.807, 2.05) is 38.2 Å². The van der Waals surface area contributed by atoms with Crippen LogP contribution >= 0.6 is 0 Å². The molecule has 0 fully saturated rings. The third-order valence-corrected chi connectivity index (χ3v) is 6.92. The lowest BCUT2D eigenvalue weighted by Crippen LogP contribution is -2.22. The zero-order chi connectivity index (χ0) is 23.6. The summed E-state index contributed by atoms with van der Waals surface area (Å²) in [6.45, 7) is 2.59. The van der Waals surface area contributed by atoms with E-state index in [-0.39, 0.29) is 13.6 Å². The average Bonchev–Trinajstić information content (AvgIpc) is 3.30. The van der Waals surface area contributed by atoms with Crippen molar-refractivity contribution in [2.45, 2.75) is 18.4 Å². The summed E-state index contributed by atoms with van der Waals surface area (Å²) in [6, 6.07) is 14.4. The maximum absolute atomic E-state index is 12.3. The summed E-state index contributed by atoms with van der Waals surface area (Å²) in [7, 11) is 1.39. The molecule has 9 nitrogen and oxygen atoms in total. The zero-order valence-electron chi connectivity index (χ0n) is 18.8. The van der Waals surface area contributed by atoms with Gasteiger partial charge in [0.15, 0.2) is 0 Å². The summed E-state index contributed by atoms with van der Waals surface area (Å²) in [6.07, 6.45) is 1.63. The fraction of sp³-hybridized carbons (Fsp3) is 0.217. The first-order chi connectivity index (χ1) is 15.8. The molecule has 0 atom stereocenters. The molecule has 0 aliphatic carbocycles. The van der Waals surface area contributed by atoms with Crippen molar-refractivity contribution in [3.63, 3.8) is 0 Å². The molecule has 174 valence electrons. The van der Waals surface area contributed by atoms with E-state index in [4.69, 9.17) is 4.42 Å². The van der Waals surface area contributed by atoms with Crippen molar-refractivity contribution < 1.29 is 15.7 Å². The van der Waals surface area contributed by atoms with E-state index in [0.29, 0.717) is 23.0 Å². The van der Waals surface area contributed by atoms with Crippen LogP contribution in [-0.2, 0) is 16.6 Å². The Morgan fingerprint density at radius 1 is 0.970 bits per heavy atom. The molecule has 0 saturated carbocycles. The Kier molecular flexibility index (Phi) is 6.32. The van der Waals surface area contributed by atoms with Crippen molar-refractivity contribution in [3.8, 4) is 34.3 Å². The molecule has 2 aromatic heterocycles. The van der Waals surface area contributed by atoms with Gasteiger partial charge in [0.1, 0.15) is 5.69 Å². The predicted molar refractivity (Wildman–Crippen MR) is 129 cm³/mol. The Morgan fingerprint density at radius 3 is 2.24 bits per heavy atom. The fourth-order valence-corrected chi connectivity index (χ4v) is 4.11. The number of aryl methyl sites for hydroxylation is 1. The van der Waals surface area contributed by atoms with Crippen LogP contribution in [0.5, 0.6) is 0 Å². The molecule has 0 unspecified atom stereocenters. The lowest BCUT2D eigenvalue weighted by Gasteiger charge is -2.11. The van der Waals surface area contributed by atoms with Crippen molar-refractivity contribution in [2.24, 2.45) is 0 Å². The highest BCUT2D eigenvalue weighted by molar-refractivity contribution is 7.89. The van der Waals surface area contributed by atoms with Crippen LogP contribution in [0.2, 0.25) is 0 Å². The molecule has 10 heteroatoms. The van der Waals surface area contributed by atoms with Gasteiger partial charge in [0.05, 0.1) is 22.5 Å². The van der Waals surface area contributed by atoms with Gasteiger partial charge in [-0.2, -0.15) is 0 Å². The van der Waals surface area contributed by atoms with E-state index in [9.17, 15) is 8.42 Å². The summed E-state index contributed by atoms with van der Waals surface area (Å²) < 4.78 is 31.7. The monoisotopic (exact) mass is 468 g/mol. The van der Waals surface area contributed by atoms with Crippen molar-refractivity contribution in [1.82, 2.24) is 29.8 Å². The number of hydrogen-bond acceptors (Lipinski definition) is 8. The van der Waals surface area contributed by atoms with E-state index >= 15 is 0 Å². The van der Waals surface area contributed by atoms with Gasteiger partial charge in [-0.25, -0.2) is 17.7 Å². The van der Waals surface area contributed by atoms with Gasteiger partial charge < -0.3 is 9.73 Å². The highest BCUT2D eigenvalue weighted by Gasteiger charge is 2.19. The zero-order valence-corrected chi connectivity index (χ0v) is 19.6. The van der Waals surface area contributed by atoms with Crippen LogP contribution in [0, 0.1) is 6.92 Å². The summed E-state index contributed by atoms with van der Waals surface area (Å²) >= 11 is 0. The maximum Gasteiger partial charge on any atom is 0.268 e. The van der Waals surface area contributed by atoms with Crippen LogP contribution in [0.3, 0.4) is 0 Å². The van der Waals surface area contributed by atoms with Gasteiger partial charge in [0.25, 0.3) is 5.89 Å². The average molecular weight is 469 g/mol. The highest BCUT2D eigenvalue weighted by atomic mass is 32.2. The van der Waals surface area contributed by atoms with E-state index in [0.717, 1.165) is 23.2 Å². The molecule has 0 aliphatic rings. The number of nitrogens with zero attached hydrogens (tertiary/aromatic N) is 5. The lowest BCUT2D eigenvalue weighted by atomic mass is 10.1. The summed E-state index contributed by atoms with van der Waals surface area (Å²) in [4.78, 5) is 9.29. The molecule has 0 radical (unpaired) electrons. The molecule has 1 N–H and O–H groups in total. The summed E-state index contributed by atoms with van der Waals surface area (Å²) in [5.74, 6) is 0.661. The molecule has 2 aromatic carbocycles. The predicted octanol–water partition coefficient (Wildman–Crippen LogP) is 3.63. The quantitative estimate of drug-likeness (QED) is 0.437. The minimum atomic E-state index is -3.50. The first-order valence-corrected chi connectivity index (χ1v) is 11.7. The van der Waals surface area contributed by atoms with Gasteiger partial charge in [-0.3, -0.25) is 4.98 Å². The second-order valence-electron chi connectivity index (χ2n) is 7.64. The smallest absolute Gasteiger partial charge is 0.268 e. The molecule has 33 heavy (non-hydrogen) atoms. The molecule has 0 aliphatic heterocycles. The Labute approximate surface area is 195 Å². The maximum atomic E-state index is 12.3. The van der Waals surface area contributed by atoms with E-state index < -0.39 is 10.0 Å². The lowest BCUT2D eigenvalue weighted by molar-refractivity contribution is 0.521. The third-order valence-electron chi connectivity index (χ3n) is 5.09. The Balaban J connectivity index is 0.00000216. The Hall–Kier alpha value is -3.47. The largest absolute Gasteiger partial charge is 0.415 e. The van der Waals surface area contributed by atoms with Gasteiger partial charge in [-0.15, -0.1) is 10.2 Å². The van der Waals surface area contributed by atoms with Gasteiger partial charge in [-0.1, -0.05) is 24.3 Å².